The molecule has 116 valence electrons. The summed E-state index contributed by atoms with van der Waals surface area (Å²) in [5.41, 5.74) is 4.01. The van der Waals surface area contributed by atoms with Crippen LogP contribution in [-0.4, -0.2) is 25.5 Å². The van der Waals surface area contributed by atoms with E-state index < -0.39 is 0 Å². The van der Waals surface area contributed by atoms with E-state index in [0.29, 0.717) is 18.3 Å². The maximum Gasteiger partial charge on any atom is 0.220 e. The summed E-state index contributed by atoms with van der Waals surface area (Å²) >= 11 is 0. The first kappa shape index (κ1) is 15.9. The van der Waals surface area contributed by atoms with Gasteiger partial charge in [0.2, 0.25) is 5.91 Å². The molecule has 2 rings (SSSR count). The highest BCUT2D eigenvalue weighted by atomic mass is 16.1. The minimum absolute atomic E-state index is 0.189. The Hall–Kier alpha value is -1.51. The van der Waals surface area contributed by atoms with Gasteiger partial charge in [-0.2, -0.15) is 0 Å². The molecule has 1 amide bonds. The van der Waals surface area contributed by atoms with Crippen LogP contribution in [0.4, 0.5) is 5.69 Å². The monoisotopic (exact) mass is 288 g/mol. The molecule has 21 heavy (non-hydrogen) atoms. The molecule has 1 fully saturated rings. The number of anilines is 1. The highest BCUT2D eigenvalue weighted by molar-refractivity contribution is 5.76. The van der Waals surface area contributed by atoms with Crippen molar-refractivity contribution < 1.29 is 4.79 Å². The molecule has 1 unspecified atom stereocenters. The van der Waals surface area contributed by atoms with E-state index in [9.17, 15) is 4.79 Å². The van der Waals surface area contributed by atoms with Crippen LogP contribution >= 0.6 is 0 Å². The van der Waals surface area contributed by atoms with Gasteiger partial charge in [-0.05, 0) is 55.4 Å². The van der Waals surface area contributed by atoms with E-state index in [1.165, 1.54) is 16.8 Å². The maximum absolute atomic E-state index is 11.7. The first-order valence-electron chi connectivity index (χ1n) is 8.04. The van der Waals surface area contributed by atoms with Gasteiger partial charge >= 0.3 is 0 Å². The average Bonchev–Trinajstić information content (AvgIpc) is 2.88. The molecule has 1 aromatic carbocycles. The number of amides is 1. The van der Waals surface area contributed by atoms with Crippen molar-refractivity contribution in [3.63, 3.8) is 0 Å². The standard InChI is InChI=1S/C18H28N2O/c1-13(2)9-18(21)19-11-16-7-8-20(12-16)17-6-5-14(3)15(4)10-17/h5-6,10,13,16H,7-9,11-12H2,1-4H3,(H,19,21). The van der Waals surface area contributed by atoms with Gasteiger partial charge in [0.1, 0.15) is 0 Å². The average molecular weight is 288 g/mol. The maximum atomic E-state index is 11.7. The van der Waals surface area contributed by atoms with E-state index >= 15 is 0 Å². The van der Waals surface area contributed by atoms with Crippen molar-refractivity contribution in [2.75, 3.05) is 24.5 Å². The minimum Gasteiger partial charge on any atom is -0.371 e. The van der Waals surface area contributed by atoms with Crippen LogP contribution in [0.15, 0.2) is 18.2 Å². The van der Waals surface area contributed by atoms with Crippen molar-refractivity contribution >= 4 is 11.6 Å². The third-order valence-electron chi connectivity index (χ3n) is 4.32. The number of nitrogens with zero attached hydrogens (tertiary/aromatic N) is 1. The number of nitrogens with one attached hydrogen (secondary N) is 1. The van der Waals surface area contributed by atoms with Crippen molar-refractivity contribution in [3.05, 3.63) is 29.3 Å². The lowest BCUT2D eigenvalue weighted by Gasteiger charge is -2.20. The Balaban J connectivity index is 1.83. The Morgan fingerprint density at radius 3 is 2.76 bits per heavy atom. The molecule has 0 aromatic heterocycles. The second-order valence-corrected chi connectivity index (χ2v) is 6.77. The molecule has 1 heterocycles. The van der Waals surface area contributed by atoms with Gasteiger partial charge in [-0.15, -0.1) is 0 Å². The van der Waals surface area contributed by atoms with Crippen LogP contribution in [0, 0.1) is 25.7 Å². The lowest BCUT2D eigenvalue weighted by Crippen LogP contribution is -2.31. The molecule has 1 saturated heterocycles. The van der Waals surface area contributed by atoms with E-state index in [1.807, 2.05) is 0 Å². The SMILES string of the molecule is Cc1ccc(N2CCC(CNC(=O)CC(C)C)C2)cc1C. The molecule has 0 aliphatic carbocycles. The van der Waals surface area contributed by atoms with Gasteiger partial charge in [-0.1, -0.05) is 19.9 Å². The van der Waals surface area contributed by atoms with Crippen molar-refractivity contribution in [1.82, 2.24) is 5.32 Å². The first-order valence-corrected chi connectivity index (χ1v) is 8.04. The summed E-state index contributed by atoms with van der Waals surface area (Å²) in [6.07, 6.45) is 1.79. The summed E-state index contributed by atoms with van der Waals surface area (Å²) in [5.74, 6) is 1.19. The number of rotatable bonds is 5. The number of carbonyl (C=O) groups is 1. The Labute approximate surface area is 128 Å². The lowest BCUT2D eigenvalue weighted by atomic mass is 10.1. The topological polar surface area (TPSA) is 32.3 Å². The van der Waals surface area contributed by atoms with Crippen LogP contribution in [0.3, 0.4) is 0 Å². The summed E-state index contributed by atoms with van der Waals surface area (Å²) in [6, 6.07) is 6.68. The molecule has 1 N–H and O–H groups in total. The van der Waals surface area contributed by atoms with Crippen LogP contribution in [0.5, 0.6) is 0 Å². The Morgan fingerprint density at radius 2 is 2.10 bits per heavy atom. The van der Waals surface area contributed by atoms with Crippen molar-refractivity contribution in [3.8, 4) is 0 Å². The van der Waals surface area contributed by atoms with E-state index in [-0.39, 0.29) is 5.91 Å². The van der Waals surface area contributed by atoms with E-state index in [0.717, 1.165) is 26.1 Å². The largest absolute Gasteiger partial charge is 0.371 e. The smallest absolute Gasteiger partial charge is 0.220 e. The summed E-state index contributed by atoms with van der Waals surface area (Å²) in [4.78, 5) is 14.2. The lowest BCUT2D eigenvalue weighted by molar-refractivity contribution is -0.121. The predicted molar refractivity (Wildman–Crippen MR) is 88.7 cm³/mol. The second kappa shape index (κ2) is 6.97. The number of benzene rings is 1. The number of aryl methyl sites for hydroxylation is 2. The number of carbonyl (C=O) groups excluding carboxylic acids is 1. The van der Waals surface area contributed by atoms with E-state index in [1.54, 1.807) is 0 Å². The fourth-order valence-electron chi connectivity index (χ4n) is 2.86. The number of hydrogen-bond acceptors (Lipinski definition) is 2. The summed E-state index contributed by atoms with van der Waals surface area (Å²) in [5, 5.41) is 3.08. The highest BCUT2D eigenvalue weighted by Gasteiger charge is 2.23. The molecule has 0 spiro atoms. The molecule has 1 aromatic rings. The van der Waals surface area contributed by atoms with Gasteiger partial charge in [0.25, 0.3) is 0 Å². The predicted octanol–water partition coefficient (Wildman–Crippen LogP) is 3.29. The van der Waals surface area contributed by atoms with Gasteiger partial charge in [-0.3, -0.25) is 4.79 Å². The summed E-state index contributed by atoms with van der Waals surface area (Å²) < 4.78 is 0. The number of hydrogen-bond donors (Lipinski definition) is 1. The molecule has 1 aliphatic rings. The highest BCUT2D eigenvalue weighted by Crippen LogP contribution is 2.25. The molecular formula is C18H28N2O. The zero-order valence-corrected chi connectivity index (χ0v) is 13.8. The van der Waals surface area contributed by atoms with Crippen LogP contribution in [0.2, 0.25) is 0 Å². The molecule has 1 atom stereocenters. The molecule has 0 bridgehead atoms. The summed E-state index contributed by atoms with van der Waals surface area (Å²) in [7, 11) is 0. The van der Waals surface area contributed by atoms with Gasteiger partial charge in [0.05, 0.1) is 0 Å². The van der Waals surface area contributed by atoms with Crippen molar-refractivity contribution in [2.45, 2.75) is 40.5 Å². The van der Waals surface area contributed by atoms with Crippen molar-refractivity contribution in [1.29, 1.82) is 0 Å². The molecule has 0 saturated carbocycles. The quantitative estimate of drug-likeness (QED) is 0.901. The molecule has 1 aliphatic heterocycles. The van der Waals surface area contributed by atoms with E-state index in [4.69, 9.17) is 0 Å². The zero-order chi connectivity index (χ0) is 15.4. The fraction of sp³-hybridized carbons (Fsp3) is 0.611. The van der Waals surface area contributed by atoms with Gasteiger partial charge < -0.3 is 10.2 Å². The van der Waals surface area contributed by atoms with Crippen LogP contribution < -0.4 is 10.2 Å². The molecular weight excluding hydrogens is 260 g/mol. The Morgan fingerprint density at radius 1 is 1.33 bits per heavy atom. The molecule has 3 heteroatoms. The first-order chi connectivity index (χ1) is 9.95. The third kappa shape index (κ3) is 4.48. The summed E-state index contributed by atoms with van der Waals surface area (Å²) in [6.45, 7) is 11.4. The van der Waals surface area contributed by atoms with Crippen molar-refractivity contribution in [2.24, 2.45) is 11.8 Å². The third-order valence-corrected chi connectivity index (χ3v) is 4.32. The Kier molecular flexibility index (Phi) is 5.27. The second-order valence-electron chi connectivity index (χ2n) is 6.77. The molecule has 3 nitrogen and oxygen atoms in total. The Bertz CT molecular complexity index is 496. The van der Waals surface area contributed by atoms with E-state index in [2.05, 4.69) is 56.1 Å². The van der Waals surface area contributed by atoms with Crippen LogP contribution in [-0.2, 0) is 4.79 Å². The van der Waals surface area contributed by atoms with Gasteiger partial charge in [0.15, 0.2) is 0 Å². The fourth-order valence-corrected chi connectivity index (χ4v) is 2.86. The zero-order valence-electron chi connectivity index (χ0n) is 13.8. The van der Waals surface area contributed by atoms with Crippen LogP contribution in [0.1, 0.15) is 37.8 Å². The normalized spacial score (nSPS) is 18.3. The van der Waals surface area contributed by atoms with Gasteiger partial charge in [0, 0.05) is 31.7 Å². The van der Waals surface area contributed by atoms with Crippen LogP contribution in [0.25, 0.3) is 0 Å². The minimum atomic E-state index is 0.189. The molecule has 0 radical (unpaired) electrons. The van der Waals surface area contributed by atoms with Gasteiger partial charge in [-0.25, -0.2) is 0 Å².